The second-order valence-corrected chi connectivity index (χ2v) is 0. The maximum absolute atomic E-state index is 0. The van der Waals surface area contributed by atoms with Crippen LogP contribution in [0.4, 0.5) is 0 Å². The van der Waals surface area contributed by atoms with Crippen molar-refractivity contribution in [3.63, 3.8) is 0 Å². The van der Waals surface area contributed by atoms with Crippen molar-refractivity contribution in [2.24, 2.45) is 0 Å². The van der Waals surface area contributed by atoms with Crippen molar-refractivity contribution < 1.29 is 99.3 Å². The minimum Gasteiger partial charge on any atom is -2.00 e. The van der Waals surface area contributed by atoms with E-state index < -0.39 is 0 Å². The molecule has 0 saturated heterocycles. The van der Waals surface area contributed by atoms with Crippen molar-refractivity contribution in [3.8, 4) is 0 Å². The van der Waals surface area contributed by atoms with Gasteiger partial charge in [-0.05, 0) is 0 Å². The van der Waals surface area contributed by atoms with Gasteiger partial charge in [0, 0.05) is 0 Å². The van der Waals surface area contributed by atoms with E-state index in [1.165, 1.54) is 0 Å². The topological polar surface area (TPSA) is 142 Å². The molecule has 0 aliphatic carbocycles. The summed E-state index contributed by atoms with van der Waals surface area (Å²) in [5.41, 5.74) is 0. The Hall–Kier alpha value is 2.03. The van der Waals surface area contributed by atoms with E-state index in [2.05, 4.69) is 0 Å². The third kappa shape index (κ3) is 157. The van der Waals surface area contributed by atoms with E-state index in [4.69, 9.17) is 0 Å². The Labute approximate surface area is 98.6 Å². The van der Waals surface area contributed by atoms with Gasteiger partial charge in [0.15, 0.2) is 0 Å². The zero-order valence-corrected chi connectivity index (χ0v) is 8.59. The Bertz CT molecular complexity index is 12.9. The first-order valence-electron chi connectivity index (χ1n) is 0. The Morgan fingerprint density at radius 1 is 0.333 bits per heavy atom. The summed E-state index contributed by atoms with van der Waals surface area (Å²) in [4.78, 5) is 0. The maximum atomic E-state index is 0. The Kier molecular flexibility index (Phi) is 5910. The Morgan fingerprint density at radius 3 is 0.333 bits per heavy atom. The molecule has 0 aliphatic heterocycles. The average Bonchev–Trinajstić information content (AvgIpc) is 0. The molecule has 0 unspecified atom stereocenters. The molecular weight excluding hydrogens is 403 g/mol. The molecule has 0 aromatic heterocycles. The SMILES string of the molecule is [Ni+2].[Ni+2].[O-2].[O-2].[O-2].[O-2].[O-2].[Rh+3].[Rh+3]. The zero-order chi connectivity index (χ0) is 0. The maximum Gasteiger partial charge on any atom is 3.00 e. The van der Waals surface area contributed by atoms with Crippen LogP contribution in [0.5, 0.6) is 0 Å². The number of rotatable bonds is 0. The van der Waals surface area contributed by atoms with E-state index in [1.807, 2.05) is 0 Å². The van der Waals surface area contributed by atoms with Crippen molar-refractivity contribution in [2.45, 2.75) is 0 Å². The molecule has 5 nitrogen and oxygen atoms in total. The molecule has 0 rings (SSSR count). The quantitative estimate of drug-likeness (QED) is 0.476. The van der Waals surface area contributed by atoms with Crippen LogP contribution < -0.4 is 0 Å². The van der Waals surface area contributed by atoms with E-state index in [-0.39, 0.29) is 99.3 Å². The van der Waals surface area contributed by atoms with Crippen LogP contribution in [0.25, 0.3) is 0 Å². The summed E-state index contributed by atoms with van der Waals surface area (Å²) in [7, 11) is 0. The molecule has 0 atom stereocenters. The molecule has 0 N–H and O–H groups in total. The van der Waals surface area contributed by atoms with Crippen molar-refractivity contribution in [2.75, 3.05) is 0 Å². The molecule has 0 radical (unpaired) electrons. The fourth-order valence-corrected chi connectivity index (χ4v) is 0. The Morgan fingerprint density at radius 2 is 0.333 bits per heavy atom. The average molecular weight is 403 g/mol. The monoisotopic (exact) mass is 402 g/mol. The van der Waals surface area contributed by atoms with Crippen LogP contribution in [0.3, 0.4) is 0 Å². The first kappa shape index (κ1) is 269. The second kappa shape index (κ2) is 198. The van der Waals surface area contributed by atoms with E-state index >= 15 is 0 Å². The molecule has 0 aromatic carbocycles. The van der Waals surface area contributed by atoms with Gasteiger partial charge in [0.25, 0.3) is 0 Å². The van der Waals surface area contributed by atoms with Crippen LogP contribution in [0.1, 0.15) is 0 Å². The predicted octanol–water partition coefficient (Wildman–Crippen LogP) is -0.604. The van der Waals surface area contributed by atoms with Crippen molar-refractivity contribution in [1.82, 2.24) is 0 Å². The fraction of sp³-hybridized carbons (Fsp3) is 0. The molecule has 68 valence electrons. The van der Waals surface area contributed by atoms with Gasteiger partial charge in [-0.1, -0.05) is 0 Å². The van der Waals surface area contributed by atoms with Gasteiger partial charge >= 0.3 is 71.9 Å². The minimum absolute atomic E-state index is 0. The third-order valence-corrected chi connectivity index (χ3v) is 0. The molecule has 0 spiro atoms. The molecular formula is Ni2O5Rh2. The summed E-state index contributed by atoms with van der Waals surface area (Å²) >= 11 is 0. The normalized spacial score (nSPS) is 0. The third-order valence-electron chi connectivity index (χ3n) is 0. The van der Waals surface area contributed by atoms with Crippen LogP contribution >= 0.6 is 0 Å². The van der Waals surface area contributed by atoms with Gasteiger partial charge in [-0.15, -0.1) is 0 Å². The largest absolute Gasteiger partial charge is 3.00 e. The van der Waals surface area contributed by atoms with Crippen LogP contribution in [0.15, 0.2) is 0 Å². The van der Waals surface area contributed by atoms with Gasteiger partial charge in [-0.2, -0.15) is 0 Å². The molecule has 0 aromatic rings. The first-order valence-corrected chi connectivity index (χ1v) is 0. The minimum atomic E-state index is 0. The summed E-state index contributed by atoms with van der Waals surface area (Å²) in [5, 5.41) is 0. The van der Waals surface area contributed by atoms with Gasteiger partial charge in [0.2, 0.25) is 0 Å². The fourth-order valence-electron chi connectivity index (χ4n) is 0. The summed E-state index contributed by atoms with van der Waals surface area (Å²) in [6.45, 7) is 0. The van der Waals surface area contributed by atoms with Gasteiger partial charge in [0.1, 0.15) is 0 Å². The predicted molar refractivity (Wildman–Crippen MR) is 3.43 cm³/mol. The van der Waals surface area contributed by atoms with Crippen LogP contribution in [-0.4, -0.2) is 0 Å². The van der Waals surface area contributed by atoms with E-state index in [0.717, 1.165) is 0 Å². The van der Waals surface area contributed by atoms with Crippen molar-refractivity contribution in [3.05, 3.63) is 0 Å². The molecule has 0 heterocycles. The van der Waals surface area contributed by atoms with Gasteiger partial charge in [-0.3, -0.25) is 0 Å². The summed E-state index contributed by atoms with van der Waals surface area (Å²) in [6, 6.07) is 0. The summed E-state index contributed by atoms with van der Waals surface area (Å²) < 4.78 is 0. The van der Waals surface area contributed by atoms with E-state index in [9.17, 15) is 0 Å². The van der Waals surface area contributed by atoms with E-state index in [0.29, 0.717) is 0 Å². The zero-order valence-electron chi connectivity index (χ0n) is 3.34. The smallest absolute Gasteiger partial charge is 2.00 e. The van der Waals surface area contributed by atoms with Crippen LogP contribution in [0, 0.1) is 0 Å². The summed E-state index contributed by atoms with van der Waals surface area (Å²) in [6.07, 6.45) is 0. The molecule has 0 amide bonds. The molecule has 9 heteroatoms. The number of hydrogen-bond acceptors (Lipinski definition) is 0. The van der Waals surface area contributed by atoms with Crippen molar-refractivity contribution >= 4 is 0 Å². The molecule has 0 fully saturated rings. The van der Waals surface area contributed by atoms with Crippen molar-refractivity contribution in [1.29, 1.82) is 0 Å². The van der Waals surface area contributed by atoms with Gasteiger partial charge in [0.05, 0.1) is 0 Å². The van der Waals surface area contributed by atoms with Gasteiger partial charge in [-0.25, -0.2) is 0 Å². The molecule has 0 aliphatic rings. The molecule has 0 bridgehead atoms. The summed E-state index contributed by atoms with van der Waals surface area (Å²) in [5.74, 6) is 0. The molecule has 9 heavy (non-hydrogen) atoms. The van der Waals surface area contributed by atoms with E-state index in [1.54, 1.807) is 0 Å². The number of hydrogen-bond donors (Lipinski definition) is 0. The first-order chi connectivity index (χ1) is 0. The standard InChI is InChI=1S/2Ni.5O.2Rh/q2*+2;5*-2;2*+3. The van der Waals surface area contributed by atoms with Crippen LogP contribution in [-0.2, 0) is 99.3 Å². The second-order valence-electron chi connectivity index (χ2n) is 0. The molecule has 0 saturated carbocycles. The van der Waals surface area contributed by atoms with Gasteiger partial charge < -0.3 is 27.4 Å². The van der Waals surface area contributed by atoms with Crippen LogP contribution in [0.2, 0.25) is 0 Å². The Balaban J connectivity index is 0.